The summed E-state index contributed by atoms with van der Waals surface area (Å²) in [6, 6.07) is 29.1. The van der Waals surface area contributed by atoms with Crippen LogP contribution in [0.2, 0.25) is 0 Å². The van der Waals surface area contributed by atoms with Crippen LogP contribution >= 0.6 is 0 Å². The maximum atomic E-state index is 14.8. The first-order valence-corrected chi connectivity index (χ1v) is 25.2. The lowest BCUT2D eigenvalue weighted by Crippen LogP contribution is -2.13. The van der Waals surface area contributed by atoms with Crippen LogP contribution in [0, 0.1) is 5.82 Å². The van der Waals surface area contributed by atoms with Gasteiger partial charge in [0.15, 0.2) is 11.6 Å². The molecule has 5 rings (SSSR count). The van der Waals surface area contributed by atoms with E-state index >= 15 is 0 Å². The third kappa shape index (κ3) is 19.9. The van der Waals surface area contributed by atoms with E-state index in [0.717, 1.165) is 38.2 Å². The zero-order valence-corrected chi connectivity index (χ0v) is 40.6. The van der Waals surface area contributed by atoms with Crippen molar-refractivity contribution in [3.05, 3.63) is 143 Å². The highest BCUT2D eigenvalue weighted by Gasteiger charge is 2.16. The van der Waals surface area contributed by atoms with Gasteiger partial charge < -0.3 is 29.0 Å². The second kappa shape index (κ2) is 30.8. The number of rotatable bonds is 32. The van der Waals surface area contributed by atoms with E-state index in [9.17, 15) is 23.6 Å². The molecular formula is C58H70FNO9. The number of carbonyl (C=O) groups excluding carboxylic acids is 4. The Morgan fingerprint density at radius 1 is 0.406 bits per heavy atom. The highest BCUT2D eigenvalue weighted by molar-refractivity contribution is 6.04. The second-order valence-electron chi connectivity index (χ2n) is 17.4. The molecule has 0 atom stereocenters. The highest BCUT2D eigenvalue weighted by Crippen LogP contribution is 2.24. The van der Waals surface area contributed by atoms with E-state index in [1.54, 1.807) is 54.6 Å². The van der Waals surface area contributed by atoms with Gasteiger partial charge in [-0.2, -0.15) is 0 Å². The molecule has 0 aliphatic rings. The van der Waals surface area contributed by atoms with Gasteiger partial charge in [0, 0.05) is 11.3 Å². The molecule has 368 valence electrons. The third-order valence-corrected chi connectivity index (χ3v) is 11.7. The van der Waals surface area contributed by atoms with Crippen LogP contribution in [-0.4, -0.2) is 37.0 Å². The SMILES string of the molecule is CCCCCCCCCCCCOc1ccc(C(=O)Oc2ccc(C(=O)Oc3cccc(C(=O)Nc4ccc(OC(=O)c5ccc(OCCCCCCCCCCCC)c(F)c5)cc4)c3)cc2)cc1. The van der Waals surface area contributed by atoms with Crippen molar-refractivity contribution in [2.45, 2.75) is 142 Å². The summed E-state index contributed by atoms with van der Waals surface area (Å²) in [5.74, 6) is -1.68. The van der Waals surface area contributed by atoms with Crippen LogP contribution in [-0.2, 0) is 0 Å². The predicted molar refractivity (Wildman–Crippen MR) is 270 cm³/mol. The van der Waals surface area contributed by atoms with Gasteiger partial charge in [0.2, 0.25) is 0 Å². The zero-order valence-electron chi connectivity index (χ0n) is 40.6. The molecule has 5 aromatic carbocycles. The summed E-state index contributed by atoms with van der Waals surface area (Å²) in [5.41, 5.74) is 1.25. The summed E-state index contributed by atoms with van der Waals surface area (Å²) in [5, 5.41) is 2.77. The first-order valence-electron chi connectivity index (χ1n) is 25.2. The molecule has 1 N–H and O–H groups in total. The van der Waals surface area contributed by atoms with Crippen molar-refractivity contribution in [3.63, 3.8) is 0 Å². The maximum absolute atomic E-state index is 14.8. The fourth-order valence-corrected chi connectivity index (χ4v) is 7.65. The van der Waals surface area contributed by atoms with Crippen molar-refractivity contribution in [3.8, 4) is 28.7 Å². The lowest BCUT2D eigenvalue weighted by atomic mass is 10.1. The monoisotopic (exact) mass is 944 g/mol. The van der Waals surface area contributed by atoms with Crippen molar-refractivity contribution < 1.29 is 47.3 Å². The number of halogens is 1. The molecule has 11 heteroatoms. The van der Waals surface area contributed by atoms with Crippen molar-refractivity contribution in [2.75, 3.05) is 18.5 Å². The lowest BCUT2D eigenvalue weighted by Gasteiger charge is -2.10. The van der Waals surface area contributed by atoms with Crippen LogP contribution in [0.4, 0.5) is 10.1 Å². The molecule has 0 radical (unpaired) electrons. The molecule has 0 saturated heterocycles. The van der Waals surface area contributed by atoms with E-state index in [1.165, 1.54) is 151 Å². The van der Waals surface area contributed by atoms with Gasteiger partial charge in [0.25, 0.3) is 5.91 Å². The third-order valence-electron chi connectivity index (χ3n) is 11.7. The van der Waals surface area contributed by atoms with Gasteiger partial charge >= 0.3 is 17.9 Å². The van der Waals surface area contributed by atoms with Crippen LogP contribution < -0.4 is 29.0 Å². The van der Waals surface area contributed by atoms with Gasteiger partial charge in [0.05, 0.1) is 29.9 Å². The molecule has 1 amide bonds. The molecule has 0 aliphatic carbocycles. The van der Waals surface area contributed by atoms with Gasteiger partial charge in [-0.25, -0.2) is 18.8 Å². The smallest absolute Gasteiger partial charge is 0.343 e. The standard InChI is InChI=1S/C58H70FNO9/c1-3-5-7-9-11-13-15-17-19-21-40-65-49-33-26-44(27-34-49)56(62)67-50-35-28-45(29-36-50)57(63)69-52-25-23-24-46(42-52)55(61)60-48-31-37-51(38-32-48)68-58(64)47-30-39-54(53(59)43-47)66-41-22-20-18-16-14-12-10-8-6-4-2/h23-39,42-43H,3-22,40-41H2,1-2H3,(H,60,61). The lowest BCUT2D eigenvalue weighted by molar-refractivity contribution is 0.0723. The van der Waals surface area contributed by atoms with Crippen molar-refractivity contribution in [1.82, 2.24) is 0 Å². The van der Waals surface area contributed by atoms with Crippen molar-refractivity contribution >= 4 is 29.5 Å². The van der Waals surface area contributed by atoms with E-state index in [-0.39, 0.29) is 39.7 Å². The van der Waals surface area contributed by atoms with E-state index in [4.69, 9.17) is 23.7 Å². The number of unbranched alkanes of at least 4 members (excludes halogenated alkanes) is 18. The number of anilines is 1. The van der Waals surface area contributed by atoms with E-state index < -0.39 is 29.6 Å². The summed E-state index contributed by atoms with van der Waals surface area (Å²) >= 11 is 0. The minimum atomic E-state index is -0.741. The average molecular weight is 944 g/mol. The summed E-state index contributed by atoms with van der Waals surface area (Å²) < 4.78 is 42.8. The van der Waals surface area contributed by atoms with Gasteiger partial charge in [-0.3, -0.25) is 4.79 Å². The maximum Gasteiger partial charge on any atom is 0.343 e. The Kier molecular flexibility index (Phi) is 23.9. The van der Waals surface area contributed by atoms with Crippen LogP contribution in [0.25, 0.3) is 0 Å². The van der Waals surface area contributed by atoms with Gasteiger partial charge in [-0.05, 0) is 122 Å². The normalized spacial score (nSPS) is 10.9. The second-order valence-corrected chi connectivity index (χ2v) is 17.4. The number of ether oxygens (including phenoxy) is 5. The fourth-order valence-electron chi connectivity index (χ4n) is 7.65. The Balaban J connectivity index is 0.986. The number of nitrogens with one attached hydrogen (secondary N) is 1. The van der Waals surface area contributed by atoms with E-state index in [0.29, 0.717) is 30.2 Å². The average Bonchev–Trinajstić information content (AvgIpc) is 3.36. The number of hydrogen-bond acceptors (Lipinski definition) is 9. The van der Waals surface area contributed by atoms with Gasteiger partial charge in [0.1, 0.15) is 23.0 Å². The number of amides is 1. The van der Waals surface area contributed by atoms with Crippen molar-refractivity contribution in [2.24, 2.45) is 0 Å². The van der Waals surface area contributed by atoms with E-state index in [1.807, 2.05) is 0 Å². The molecule has 0 aromatic heterocycles. The van der Waals surface area contributed by atoms with Crippen LogP contribution in [0.3, 0.4) is 0 Å². The highest BCUT2D eigenvalue weighted by atomic mass is 19.1. The number of benzene rings is 5. The largest absolute Gasteiger partial charge is 0.494 e. The number of hydrogen-bond donors (Lipinski definition) is 1. The molecule has 0 heterocycles. The topological polar surface area (TPSA) is 126 Å². The summed E-state index contributed by atoms with van der Waals surface area (Å²) in [4.78, 5) is 51.8. The Morgan fingerprint density at radius 3 is 1.33 bits per heavy atom. The molecule has 0 spiro atoms. The van der Waals surface area contributed by atoms with E-state index in [2.05, 4.69) is 19.2 Å². The molecule has 0 bridgehead atoms. The molecule has 0 aliphatic heterocycles. The fraction of sp³-hybridized carbons (Fsp3) is 0.414. The molecular weight excluding hydrogens is 874 g/mol. The molecule has 69 heavy (non-hydrogen) atoms. The predicted octanol–water partition coefficient (Wildman–Crippen LogP) is 15.3. The Labute approximate surface area is 408 Å². The summed E-state index contributed by atoms with van der Waals surface area (Å²) in [7, 11) is 0. The Bertz CT molecular complexity index is 2310. The Morgan fingerprint density at radius 2 is 0.826 bits per heavy atom. The van der Waals surface area contributed by atoms with Crippen LogP contribution in [0.1, 0.15) is 184 Å². The number of carbonyl (C=O) groups is 4. The summed E-state index contributed by atoms with van der Waals surface area (Å²) in [6.07, 6.45) is 24.6. The zero-order chi connectivity index (χ0) is 48.9. The minimum Gasteiger partial charge on any atom is -0.494 e. The Hall–Kier alpha value is -6.49. The molecule has 0 saturated carbocycles. The molecule has 0 fully saturated rings. The quantitative estimate of drug-likeness (QED) is 0.0255. The molecule has 0 unspecified atom stereocenters. The van der Waals surface area contributed by atoms with Gasteiger partial charge in [-0.1, -0.05) is 135 Å². The first kappa shape index (κ1) is 53.5. The van der Waals surface area contributed by atoms with Crippen molar-refractivity contribution in [1.29, 1.82) is 0 Å². The van der Waals surface area contributed by atoms with Crippen LogP contribution in [0.5, 0.6) is 28.7 Å². The number of esters is 3. The summed E-state index contributed by atoms with van der Waals surface area (Å²) in [6.45, 7) is 5.50. The first-order chi connectivity index (χ1) is 33.7. The minimum absolute atomic E-state index is 0.0347. The van der Waals surface area contributed by atoms with Crippen LogP contribution in [0.15, 0.2) is 115 Å². The molecule has 10 nitrogen and oxygen atoms in total. The molecule has 5 aromatic rings. The van der Waals surface area contributed by atoms with Gasteiger partial charge in [-0.15, -0.1) is 0 Å².